The van der Waals surface area contributed by atoms with E-state index < -0.39 is 0 Å². The van der Waals surface area contributed by atoms with Gasteiger partial charge in [-0.15, -0.1) is 0 Å². The molecule has 0 radical (unpaired) electrons. The summed E-state index contributed by atoms with van der Waals surface area (Å²) in [5.74, 6) is -0.0232. The van der Waals surface area contributed by atoms with Crippen LogP contribution in [0.3, 0.4) is 0 Å². The molecule has 1 nitrogen and oxygen atoms in total. The third kappa shape index (κ3) is 2.02. The molecule has 0 aromatic carbocycles. The van der Waals surface area contributed by atoms with Crippen LogP contribution in [0, 0.1) is 5.92 Å². The normalized spacial score (nSPS) is 30.2. The first-order valence-electron chi connectivity index (χ1n) is 3.39. The van der Waals surface area contributed by atoms with E-state index in [-0.39, 0.29) is 5.92 Å². The van der Waals surface area contributed by atoms with Gasteiger partial charge in [0.1, 0.15) is 6.29 Å². The summed E-state index contributed by atoms with van der Waals surface area (Å²) in [6.45, 7) is 0. The van der Waals surface area contributed by atoms with Crippen LogP contribution in [0.25, 0.3) is 0 Å². The van der Waals surface area contributed by atoms with Crippen molar-refractivity contribution < 1.29 is 4.79 Å². The van der Waals surface area contributed by atoms with Crippen molar-refractivity contribution >= 4 is 6.29 Å². The van der Waals surface area contributed by atoms with E-state index in [0.29, 0.717) is 0 Å². The summed E-state index contributed by atoms with van der Waals surface area (Å²) < 4.78 is 0. The maximum absolute atomic E-state index is 10.3. The Labute approximate surface area is 60.7 Å². The van der Waals surface area contributed by atoms with Crippen molar-refractivity contribution in [1.29, 1.82) is 0 Å². The monoisotopic (exact) mass is 134 g/mol. The predicted molar refractivity (Wildman–Crippen MR) is 41.6 cm³/mol. The summed E-state index contributed by atoms with van der Waals surface area (Å²) in [6.07, 6.45) is 13.6. The summed E-state index contributed by atoms with van der Waals surface area (Å²) in [5.41, 5.74) is 0. The van der Waals surface area contributed by atoms with Gasteiger partial charge in [-0.1, -0.05) is 36.5 Å². The molecular formula is C9H10O. The highest BCUT2D eigenvalue weighted by molar-refractivity contribution is 5.59. The van der Waals surface area contributed by atoms with E-state index in [4.69, 9.17) is 0 Å². The average Bonchev–Trinajstić information content (AvgIpc) is 1.87. The predicted octanol–water partition coefficient (Wildman–Crippen LogP) is 1.87. The number of aldehydes is 1. The maximum Gasteiger partial charge on any atom is 0.130 e. The van der Waals surface area contributed by atoms with Crippen LogP contribution >= 0.6 is 0 Å². The lowest BCUT2D eigenvalue weighted by Crippen LogP contribution is -1.92. The third-order valence-corrected chi connectivity index (χ3v) is 1.37. The highest BCUT2D eigenvalue weighted by Gasteiger charge is 1.94. The number of rotatable bonds is 1. The molecule has 1 unspecified atom stereocenters. The third-order valence-electron chi connectivity index (χ3n) is 1.37. The second-order valence-electron chi connectivity index (χ2n) is 2.19. The molecule has 0 aromatic heterocycles. The summed E-state index contributed by atoms with van der Waals surface area (Å²) in [6, 6.07) is 0. The van der Waals surface area contributed by atoms with Crippen molar-refractivity contribution in [2.24, 2.45) is 5.92 Å². The van der Waals surface area contributed by atoms with Crippen molar-refractivity contribution in [3.05, 3.63) is 36.5 Å². The van der Waals surface area contributed by atoms with Crippen LogP contribution in [0.5, 0.6) is 0 Å². The molecule has 0 bridgehead atoms. The maximum atomic E-state index is 10.3. The molecule has 0 amide bonds. The molecule has 1 heteroatoms. The van der Waals surface area contributed by atoms with E-state index in [1.165, 1.54) is 0 Å². The molecule has 0 N–H and O–H groups in total. The van der Waals surface area contributed by atoms with Crippen LogP contribution in [0.15, 0.2) is 36.5 Å². The lowest BCUT2D eigenvalue weighted by molar-refractivity contribution is -0.108. The van der Waals surface area contributed by atoms with E-state index in [0.717, 1.165) is 12.7 Å². The van der Waals surface area contributed by atoms with Crippen molar-refractivity contribution in [1.82, 2.24) is 0 Å². The summed E-state index contributed by atoms with van der Waals surface area (Å²) in [7, 11) is 0. The quantitative estimate of drug-likeness (QED) is 0.395. The smallest absolute Gasteiger partial charge is 0.130 e. The second-order valence-corrected chi connectivity index (χ2v) is 2.19. The summed E-state index contributed by atoms with van der Waals surface area (Å²) in [4.78, 5) is 10.3. The lowest BCUT2D eigenvalue weighted by Gasteiger charge is -1.96. The fourth-order valence-electron chi connectivity index (χ4n) is 0.819. The molecule has 10 heavy (non-hydrogen) atoms. The molecule has 0 saturated carbocycles. The zero-order valence-corrected chi connectivity index (χ0v) is 5.73. The molecule has 0 aliphatic heterocycles. The Bertz CT molecular complexity index is 187. The number of carbonyl (C=O) groups excluding carboxylic acids is 1. The number of allylic oxidation sites excluding steroid dienone is 6. The highest BCUT2D eigenvalue weighted by Crippen LogP contribution is 2.02. The topological polar surface area (TPSA) is 17.1 Å². The van der Waals surface area contributed by atoms with E-state index in [1.54, 1.807) is 0 Å². The Morgan fingerprint density at radius 1 is 1.20 bits per heavy atom. The Balaban J connectivity index is 2.67. The molecule has 0 saturated heterocycles. The van der Waals surface area contributed by atoms with Gasteiger partial charge in [-0.3, -0.25) is 0 Å². The van der Waals surface area contributed by atoms with Gasteiger partial charge >= 0.3 is 0 Å². The van der Waals surface area contributed by atoms with E-state index in [1.807, 2.05) is 36.5 Å². The standard InChI is InChI=1S/C9H10O/c10-8-9-6-4-2-1-3-5-7-9/h1-2,4-9H,3H2/b2-1+,6-4-,7-5?. The molecule has 0 fully saturated rings. The number of carbonyl (C=O) groups is 1. The van der Waals surface area contributed by atoms with Gasteiger partial charge in [0.25, 0.3) is 0 Å². The summed E-state index contributed by atoms with van der Waals surface area (Å²) in [5, 5.41) is 0. The Morgan fingerprint density at radius 2 is 2.10 bits per heavy atom. The second kappa shape index (κ2) is 3.83. The highest BCUT2D eigenvalue weighted by atomic mass is 16.1. The Hall–Kier alpha value is -1.11. The van der Waals surface area contributed by atoms with E-state index in [9.17, 15) is 4.79 Å². The van der Waals surface area contributed by atoms with Crippen molar-refractivity contribution in [2.45, 2.75) is 6.42 Å². The lowest BCUT2D eigenvalue weighted by atomic mass is 10.1. The molecule has 1 rings (SSSR count). The average molecular weight is 134 g/mol. The van der Waals surface area contributed by atoms with Crippen LogP contribution in [-0.4, -0.2) is 6.29 Å². The minimum atomic E-state index is -0.0232. The minimum absolute atomic E-state index is 0.0232. The molecular weight excluding hydrogens is 124 g/mol. The summed E-state index contributed by atoms with van der Waals surface area (Å²) >= 11 is 0. The first-order chi connectivity index (χ1) is 4.93. The first kappa shape index (κ1) is 7.00. The fourth-order valence-corrected chi connectivity index (χ4v) is 0.819. The SMILES string of the molecule is O=CC1C=CC/C=C/C=C\1. The Morgan fingerprint density at radius 3 is 2.90 bits per heavy atom. The van der Waals surface area contributed by atoms with Gasteiger partial charge in [0.2, 0.25) is 0 Å². The molecule has 0 spiro atoms. The van der Waals surface area contributed by atoms with Crippen LogP contribution in [0.1, 0.15) is 6.42 Å². The van der Waals surface area contributed by atoms with Crippen LogP contribution in [0.2, 0.25) is 0 Å². The van der Waals surface area contributed by atoms with Gasteiger partial charge in [0.15, 0.2) is 0 Å². The first-order valence-corrected chi connectivity index (χ1v) is 3.39. The number of hydrogen-bond donors (Lipinski definition) is 0. The molecule has 1 aliphatic carbocycles. The van der Waals surface area contributed by atoms with Gasteiger partial charge in [0, 0.05) is 0 Å². The van der Waals surface area contributed by atoms with Gasteiger partial charge in [-0.2, -0.15) is 0 Å². The van der Waals surface area contributed by atoms with Crippen LogP contribution < -0.4 is 0 Å². The Kier molecular flexibility index (Phi) is 2.68. The largest absolute Gasteiger partial charge is 0.302 e. The zero-order valence-electron chi connectivity index (χ0n) is 5.73. The zero-order chi connectivity index (χ0) is 7.23. The van der Waals surface area contributed by atoms with Crippen molar-refractivity contribution in [3.63, 3.8) is 0 Å². The molecule has 0 aromatic rings. The van der Waals surface area contributed by atoms with Gasteiger partial charge in [-0.25, -0.2) is 0 Å². The van der Waals surface area contributed by atoms with Gasteiger partial charge < -0.3 is 4.79 Å². The van der Waals surface area contributed by atoms with Gasteiger partial charge in [0.05, 0.1) is 5.92 Å². The van der Waals surface area contributed by atoms with Crippen molar-refractivity contribution in [3.8, 4) is 0 Å². The van der Waals surface area contributed by atoms with Crippen LogP contribution in [0.4, 0.5) is 0 Å². The van der Waals surface area contributed by atoms with Crippen LogP contribution in [-0.2, 0) is 4.79 Å². The molecule has 52 valence electrons. The molecule has 0 heterocycles. The van der Waals surface area contributed by atoms with E-state index in [2.05, 4.69) is 0 Å². The minimum Gasteiger partial charge on any atom is -0.302 e. The fraction of sp³-hybridized carbons (Fsp3) is 0.222. The molecule has 1 aliphatic rings. The van der Waals surface area contributed by atoms with Crippen molar-refractivity contribution in [2.75, 3.05) is 0 Å². The van der Waals surface area contributed by atoms with Gasteiger partial charge in [-0.05, 0) is 6.42 Å². The van der Waals surface area contributed by atoms with E-state index >= 15 is 0 Å². The number of hydrogen-bond acceptors (Lipinski definition) is 1. The molecule has 1 atom stereocenters.